The molecule has 0 atom stereocenters. The van der Waals surface area contributed by atoms with E-state index in [4.69, 9.17) is 4.98 Å². The van der Waals surface area contributed by atoms with Gasteiger partial charge in [-0.15, -0.1) is 0 Å². The minimum atomic E-state index is 0.949. The zero-order chi connectivity index (χ0) is 18.8. The molecule has 0 unspecified atom stereocenters. The molecule has 4 aromatic rings. The van der Waals surface area contributed by atoms with Gasteiger partial charge in [-0.3, -0.25) is 4.98 Å². The predicted molar refractivity (Wildman–Crippen MR) is 117 cm³/mol. The van der Waals surface area contributed by atoms with Crippen LogP contribution in [0.5, 0.6) is 0 Å². The van der Waals surface area contributed by atoms with Gasteiger partial charge in [-0.05, 0) is 72.4 Å². The molecule has 0 fully saturated rings. The second kappa shape index (κ2) is 7.59. The predicted octanol–water partition coefficient (Wildman–Crippen LogP) is 6.10. The average Bonchev–Trinajstić information content (AvgIpc) is 3.23. The molecule has 0 amide bonds. The first-order valence-electron chi connectivity index (χ1n) is 10.4. The van der Waals surface area contributed by atoms with Crippen molar-refractivity contribution in [3.63, 3.8) is 0 Å². The van der Waals surface area contributed by atoms with Crippen molar-refractivity contribution in [2.75, 3.05) is 0 Å². The van der Waals surface area contributed by atoms with Crippen molar-refractivity contribution in [3.8, 4) is 0 Å². The van der Waals surface area contributed by atoms with Crippen LogP contribution in [0, 0.1) is 0 Å². The third kappa shape index (κ3) is 3.45. The highest BCUT2D eigenvalue weighted by Gasteiger charge is 2.17. The Bertz CT molecular complexity index is 1100. The van der Waals surface area contributed by atoms with Crippen LogP contribution < -0.4 is 0 Å². The van der Waals surface area contributed by atoms with Gasteiger partial charge in [0.1, 0.15) is 0 Å². The molecule has 1 heterocycles. The van der Waals surface area contributed by atoms with Gasteiger partial charge in [-0.25, -0.2) is 0 Å². The number of rotatable bonds is 5. The van der Waals surface area contributed by atoms with Gasteiger partial charge in [-0.2, -0.15) is 0 Å². The normalized spacial score (nSPS) is 13.0. The maximum atomic E-state index is 5.26. The summed E-state index contributed by atoms with van der Waals surface area (Å²) in [6.07, 6.45) is 6.63. The molecule has 28 heavy (non-hydrogen) atoms. The Morgan fingerprint density at radius 2 is 1.46 bits per heavy atom. The number of hydrogen-bond acceptors (Lipinski definition) is 1. The number of benzene rings is 3. The number of fused-ring (bicyclic) bond motifs is 3. The lowest BCUT2D eigenvalue weighted by Gasteiger charge is -2.13. The van der Waals surface area contributed by atoms with Gasteiger partial charge in [0.15, 0.2) is 0 Å². The Morgan fingerprint density at radius 3 is 2.25 bits per heavy atom. The van der Waals surface area contributed by atoms with Crippen molar-refractivity contribution in [3.05, 3.63) is 112 Å². The van der Waals surface area contributed by atoms with Crippen LogP contribution in [0.3, 0.4) is 0 Å². The average molecular weight is 364 g/mol. The Kier molecular flexibility index (Phi) is 4.66. The van der Waals surface area contributed by atoms with E-state index in [0.29, 0.717) is 0 Å². The Balaban J connectivity index is 1.56. The quantitative estimate of drug-likeness (QED) is 0.417. The van der Waals surface area contributed by atoms with E-state index in [1.165, 1.54) is 63.7 Å². The van der Waals surface area contributed by atoms with Crippen LogP contribution in [0.1, 0.15) is 39.9 Å². The topological polar surface area (TPSA) is 12.9 Å². The van der Waals surface area contributed by atoms with Gasteiger partial charge in [0.05, 0.1) is 5.52 Å². The summed E-state index contributed by atoms with van der Waals surface area (Å²) in [5.41, 5.74) is 9.61. The Morgan fingerprint density at radius 1 is 0.714 bits per heavy atom. The lowest BCUT2D eigenvalue weighted by Crippen LogP contribution is -2.03. The largest absolute Gasteiger partial charge is 0.252 e. The molecule has 0 saturated carbocycles. The third-order valence-electron chi connectivity index (χ3n) is 5.96. The molecule has 0 spiro atoms. The zero-order valence-corrected chi connectivity index (χ0v) is 16.2. The number of pyridine rings is 1. The second-order valence-corrected chi connectivity index (χ2v) is 7.87. The zero-order valence-electron chi connectivity index (χ0n) is 16.2. The minimum Gasteiger partial charge on any atom is -0.252 e. The van der Waals surface area contributed by atoms with E-state index >= 15 is 0 Å². The molecule has 1 nitrogen and oxygen atoms in total. The van der Waals surface area contributed by atoms with Crippen molar-refractivity contribution in [2.24, 2.45) is 0 Å². The summed E-state index contributed by atoms with van der Waals surface area (Å²) < 4.78 is 0. The van der Waals surface area contributed by atoms with Crippen molar-refractivity contribution >= 4 is 10.9 Å². The van der Waals surface area contributed by atoms with Crippen molar-refractivity contribution in [1.29, 1.82) is 0 Å². The molecular weight excluding hydrogens is 338 g/mol. The van der Waals surface area contributed by atoms with E-state index in [1.807, 2.05) is 0 Å². The fourth-order valence-electron chi connectivity index (χ4n) is 4.48. The molecule has 1 aliphatic rings. The maximum absolute atomic E-state index is 5.26. The monoisotopic (exact) mass is 363 g/mol. The van der Waals surface area contributed by atoms with Crippen molar-refractivity contribution in [1.82, 2.24) is 4.98 Å². The fraction of sp³-hybridized carbons (Fsp3) is 0.222. The summed E-state index contributed by atoms with van der Waals surface area (Å²) >= 11 is 0. The molecule has 5 rings (SSSR count). The molecule has 0 radical (unpaired) electrons. The molecule has 1 aromatic heterocycles. The minimum absolute atomic E-state index is 0.949. The van der Waals surface area contributed by atoms with Crippen molar-refractivity contribution < 1.29 is 0 Å². The highest BCUT2D eigenvalue weighted by molar-refractivity contribution is 5.84. The first-order valence-corrected chi connectivity index (χ1v) is 10.4. The van der Waals surface area contributed by atoms with Crippen LogP contribution in [-0.4, -0.2) is 4.98 Å². The van der Waals surface area contributed by atoms with Crippen LogP contribution >= 0.6 is 0 Å². The SMILES string of the molecule is c1ccc(CCc2nc3c4c(ccc3cc2Cc2ccccc2)CCC4)cc1. The van der Waals surface area contributed by atoms with E-state index in [2.05, 4.69) is 78.9 Å². The molecular formula is C27H25N. The second-order valence-electron chi connectivity index (χ2n) is 7.87. The molecule has 0 saturated heterocycles. The van der Waals surface area contributed by atoms with Crippen LogP contribution in [0.25, 0.3) is 10.9 Å². The van der Waals surface area contributed by atoms with E-state index in [0.717, 1.165) is 19.3 Å². The number of nitrogens with zero attached hydrogens (tertiary/aromatic N) is 1. The summed E-state index contributed by atoms with van der Waals surface area (Å²) in [6, 6.07) is 28.5. The Labute approximate surface area is 167 Å². The summed E-state index contributed by atoms with van der Waals surface area (Å²) in [7, 11) is 0. The van der Waals surface area contributed by atoms with Crippen LogP contribution in [-0.2, 0) is 32.1 Å². The van der Waals surface area contributed by atoms with Crippen molar-refractivity contribution in [2.45, 2.75) is 38.5 Å². The van der Waals surface area contributed by atoms with Crippen LogP contribution in [0.2, 0.25) is 0 Å². The van der Waals surface area contributed by atoms with E-state index in [-0.39, 0.29) is 0 Å². The molecule has 0 N–H and O–H groups in total. The highest BCUT2D eigenvalue weighted by atomic mass is 14.7. The van der Waals surface area contributed by atoms with Gasteiger partial charge in [0, 0.05) is 11.1 Å². The standard InChI is InChI=1S/C27H25N/c1-3-8-20(9-4-1)14-17-26-24(18-21-10-5-2-6-11-21)19-23-16-15-22-12-7-13-25(22)27(23)28-26/h1-6,8-11,15-16,19H,7,12-14,17-18H2. The van der Waals surface area contributed by atoms with Gasteiger partial charge in [0.2, 0.25) is 0 Å². The van der Waals surface area contributed by atoms with E-state index in [1.54, 1.807) is 0 Å². The Hall–Kier alpha value is -2.93. The lowest BCUT2D eigenvalue weighted by molar-refractivity contribution is 0.893. The van der Waals surface area contributed by atoms with E-state index in [9.17, 15) is 0 Å². The summed E-state index contributed by atoms with van der Waals surface area (Å²) in [5.74, 6) is 0. The number of aryl methyl sites for hydroxylation is 4. The lowest BCUT2D eigenvalue weighted by atomic mass is 9.96. The summed E-state index contributed by atoms with van der Waals surface area (Å²) in [4.78, 5) is 5.26. The summed E-state index contributed by atoms with van der Waals surface area (Å²) in [6.45, 7) is 0. The summed E-state index contributed by atoms with van der Waals surface area (Å²) in [5, 5.41) is 1.30. The van der Waals surface area contributed by atoms with Crippen LogP contribution in [0.4, 0.5) is 0 Å². The molecule has 3 aromatic carbocycles. The maximum Gasteiger partial charge on any atom is 0.0740 e. The molecule has 138 valence electrons. The number of aromatic nitrogens is 1. The smallest absolute Gasteiger partial charge is 0.0740 e. The van der Waals surface area contributed by atoms with Crippen LogP contribution in [0.15, 0.2) is 78.9 Å². The fourth-order valence-corrected chi connectivity index (χ4v) is 4.48. The molecule has 0 aliphatic heterocycles. The van der Waals surface area contributed by atoms with Gasteiger partial charge in [-0.1, -0.05) is 72.8 Å². The van der Waals surface area contributed by atoms with Gasteiger partial charge >= 0.3 is 0 Å². The highest BCUT2D eigenvalue weighted by Crippen LogP contribution is 2.30. The number of hydrogen-bond donors (Lipinski definition) is 0. The molecule has 1 heteroatoms. The first-order chi connectivity index (χ1) is 13.9. The van der Waals surface area contributed by atoms with E-state index < -0.39 is 0 Å². The molecule has 0 bridgehead atoms. The third-order valence-corrected chi connectivity index (χ3v) is 5.96. The van der Waals surface area contributed by atoms with Gasteiger partial charge in [0.25, 0.3) is 0 Å². The van der Waals surface area contributed by atoms with Gasteiger partial charge < -0.3 is 0 Å². The molecule has 1 aliphatic carbocycles. The first kappa shape index (κ1) is 17.2.